The lowest BCUT2D eigenvalue weighted by Crippen LogP contribution is -2.34. The second-order valence-electron chi connectivity index (χ2n) is 6.85. The van der Waals surface area contributed by atoms with E-state index in [2.05, 4.69) is 20.8 Å². The smallest absolute Gasteiger partial charge is 0.257 e. The van der Waals surface area contributed by atoms with Gasteiger partial charge in [0.2, 0.25) is 5.75 Å². The van der Waals surface area contributed by atoms with E-state index in [1.807, 2.05) is 42.5 Å². The minimum absolute atomic E-state index is 0.128. The van der Waals surface area contributed by atoms with Crippen LogP contribution in [0.3, 0.4) is 0 Å². The summed E-state index contributed by atoms with van der Waals surface area (Å²) in [5.41, 5.74) is 3.24. The van der Waals surface area contributed by atoms with Crippen molar-refractivity contribution in [2.45, 2.75) is 0 Å². The second-order valence-corrected chi connectivity index (χ2v) is 7.26. The predicted octanol–water partition coefficient (Wildman–Crippen LogP) is 3.57. The van der Waals surface area contributed by atoms with Crippen molar-refractivity contribution in [1.82, 2.24) is 20.3 Å². The Balaban J connectivity index is 1.49. The summed E-state index contributed by atoms with van der Waals surface area (Å²) in [4.78, 5) is 14.3. The van der Waals surface area contributed by atoms with E-state index in [0.717, 1.165) is 11.2 Å². The molecule has 0 aliphatic rings. The number of carbonyl (C=O) groups is 1. The topological polar surface area (TPSA) is 99.5 Å². The number of amides is 1. The largest absolute Gasteiger partial charge is 0.493 e. The van der Waals surface area contributed by atoms with Crippen LogP contribution in [-0.4, -0.2) is 47.3 Å². The first-order chi connectivity index (χ1) is 16.0. The van der Waals surface area contributed by atoms with Crippen LogP contribution in [0.15, 0.2) is 60.7 Å². The molecule has 4 aromatic rings. The highest BCUT2D eigenvalue weighted by molar-refractivity contribution is 7.80. The Morgan fingerprint density at radius 1 is 0.879 bits per heavy atom. The number of thiocarbonyl (C=S) groups is 1. The van der Waals surface area contributed by atoms with Gasteiger partial charge in [-0.2, -0.15) is 4.80 Å². The number of anilines is 1. The first-order valence-electron chi connectivity index (χ1n) is 9.87. The molecule has 3 aromatic carbocycles. The fourth-order valence-electron chi connectivity index (χ4n) is 3.22. The molecule has 0 atom stereocenters. The van der Waals surface area contributed by atoms with Gasteiger partial charge in [-0.05, 0) is 54.7 Å². The van der Waals surface area contributed by atoms with Gasteiger partial charge in [0, 0.05) is 11.3 Å². The number of ether oxygens (including phenoxy) is 3. The fraction of sp³-hybridized carbons (Fsp3) is 0.130. The van der Waals surface area contributed by atoms with Crippen molar-refractivity contribution in [1.29, 1.82) is 0 Å². The van der Waals surface area contributed by atoms with Crippen LogP contribution in [0.5, 0.6) is 17.2 Å². The lowest BCUT2D eigenvalue weighted by atomic mass is 10.1. The van der Waals surface area contributed by atoms with Crippen molar-refractivity contribution in [3.63, 3.8) is 0 Å². The highest BCUT2D eigenvalue weighted by atomic mass is 32.1. The van der Waals surface area contributed by atoms with Crippen molar-refractivity contribution in [3.8, 4) is 22.9 Å². The zero-order chi connectivity index (χ0) is 23.4. The van der Waals surface area contributed by atoms with Crippen LogP contribution in [0.4, 0.5) is 5.69 Å². The third-order valence-corrected chi connectivity index (χ3v) is 4.98. The maximum atomic E-state index is 12.7. The number of nitrogens with zero attached hydrogens (tertiary/aromatic N) is 3. The van der Waals surface area contributed by atoms with E-state index in [1.165, 1.54) is 21.3 Å². The van der Waals surface area contributed by atoms with E-state index in [1.54, 1.807) is 23.0 Å². The van der Waals surface area contributed by atoms with Gasteiger partial charge >= 0.3 is 0 Å². The van der Waals surface area contributed by atoms with Gasteiger partial charge in [0.15, 0.2) is 16.6 Å². The molecule has 0 spiro atoms. The van der Waals surface area contributed by atoms with Gasteiger partial charge in [-0.15, -0.1) is 10.2 Å². The van der Waals surface area contributed by atoms with Gasteiger partial charge in [0.1, 0.15) is 11.0 Å². The Morgan fingerprint density at radius 2 is 1.55 bits per heavy atom. The molecule has 1 heterocycles. The van der Waals surface area contributed by atoms with Gasteiger partial charge in [-0.1, -0.05) is 18.2 Å². The van der Waals surface area contributed by atoms with Crippen LogP contribution in [0.1, 0.15) is 10.4 Å². The van der Waals surface area contributed by atoms with Gasteiger partial charge < -0.3 is 19.5 Å². The monoisotopic (exact) mass is 463 g/mol. The summed E-state index contributed by atoms with van der Waals surface area (Å²) >= 11 is 5.32. The molecule has 10 heteroatoms. The number of hydrogen-bond donors (Lipinski definition) is 2. The number of benzene rings is 3. The summed E-state index contributed by atoms with van der Waals surface area (Å²) < 4.78 is 15.9. The standard InChI is InChI=1S/C23H21N5O4S/c1-30-19-11-14(12-20(31-2)21(19)32-3)22(29)25-23(33)24-15-9-10-17-18(13-15)27-28(26-17)16-7-5-4-6-8-16/h4-13H,1-3H3,(H2,24,25,29,33). The first-order valence-corrected chi connectivity index (χ1v) is 10.3. The highest BCUT2D eigenvalue weighted by Gasteiger charge is 2.18. The molecule has 0 fully saturated rings. The minimum atomic E-state index is -0.428. The van der Waals surface area contributed by atoms with Gasteiger partial charge in [-0.3, -0.25) is 10.1 Å². The molecule has 0 unspecified atom stereocenters. The molecular formula is C23H21N5O4S. The number of carbonyl (C=O) groups excluding carboxylic acids is 1. The Labute approximate surface area is 195 Å². The zero-order valence-electron chi connectivity index (χ0n) is 18.2. The second kappa shape index (κ2) is 9.53. The van der Waals surface area contributed by atoms with Crippen molar-refractivity contribution in [2.24, 2.45) is 0 Å². The van der Waals surface area contributed by atoms with E-state index < -0.39 is 5.91 Å². The Hall–Kier alpha value is -4.18. The van der Waals surface area contributed by atoms with E-state index >= 15 is 0 Å². The molecule has 9 nitrogen and oxygen atoms in total. The molecule has 1 aromatic heterocycles. The van der Waals surface area contributed by atoms with E-state index in [9.17, 15) is 4.79 Å². The molecule has 0 aliphatic carbocycles. The normalized spacial score (nSPS) is 10.5. The van der Waals surface area contributed by atoms with Gasteiger partial charge in [-0.25, -0.2) is 0 Å². The summed E-state index contributed by atoms with van der Waals surface area (Å²) in [6, 6.07) is 18.2. The van der Waals surface area contributed by atoms with Crippen molar-refractivity contribution in [2.75, 3.05) is 26.6 Å². The van der Waals surface area contributed by atoms with Gasteiger partial charge in [0.05, 0.1) is 27.0 Å². The van der Waals surface area contributed by atoms with Crippen molar-refractivity contribution < 1.29 is 19.0 Å². The highest BCUT2D eigenvalue weighted by Crippen LogP contribution is 2.38. The number of para-hydroxylation sites is 1. The Morgan fingerprint density at radius 3 is 2.18 bits per heavy atom. The van der Waals surface area contributed by atoms with Crippen LogP contribution in [-0.2, 0) is 0 Å². The molecule has 168 valence electrons. The molecule has 0 bridgehead atoms. The SMILES string of the molecule is COc1cc(C(=O)NC(=S)Nc2ccc3nn(-c4ccccc4)nc3c2)cc(OC)c1OC. The molecule has 0 saturated carbocycles. The number of methoxy groups -OCH3 is 3. The summed E-state index contributed by atoms with van der Waals surface area (Å²) in [6.45, 7) is 0. The molecule has 0 aliphatic heterocycles. The predicted molar refractivity (Wildman–Crippen MR) is 129 cm³/mol. The first kappa shape index (κ1) is 22.0. The maximum absolute atomic E-state index is 12.7. The van der Waals surface area contributed by atoms with Gasteiger partial charge in [0.25, 0.3) is 5.91 Å². The fourth-order valence-corrected chi connectivity index (χ4v) is 3.43. The minimum Gasteiger partial charge on any atom is -0.493 e. The molecule has 1 amide bonds. The molecular weight excluding hydrogens is 442 g/mol. The summed E-state index contributed by atoms with van der Waals surface area (Å²) in [7, 11) is 4.46. The average Bonchev–Trinajstić information content (AvgIpc) is 3.27. The number of hydrogen-bond acceptors (Lipinski definition) is 7. The molecule has 0 saturated heterocycles. The zero-order valence-corrected chi connectivity index (χ0v) is 19.0. The Kier molecular flexibility index (Phi) is 6.36. The lowest BCUT2D eigenvalue weighted by Gasteiger charge is -2.14. The van der Waals surface area contributed by atoms with Crippen LogP contribution in [0.25, 0.3) is 16.7 Å². The van der Waals surface area contributed by atoms with Crippen molar-refractivity contribution >= 4 is 40.0 Å². The number of rotatable bonds is 6. The average molecular weight is 464 g/mol. The van der Waals surface area contributed by atoms with E-state index in [4.69, 9.17) is 26.4 Å². The number of fused-ring (bicyclic) bond motifs is 1. The summed E-state index contributed by atoms with van der Waals surface area (Å²) in [5, 5.41) is 14.8. The molecule has 4 rings (SSSR count). The maximum Gasteiger partial charge on any atom is 0.257 e. The quantitative estimate of drug-likeness (QED) is 0.419. The van der Waals surface area contributed by atoms with Crippen LogP contribution in [0, 0.1) is 0 Å². The summed E-state index contributed by atoms with van der Waals surface area (Å²) in [5.74, 6) is 0.706. The van der Waals surface area contributed by atoms with Crippen LogP contribution >= 0.6 is 12.2 Å². The van der Waals surface area contributed by atoms with Crippen LogP contribution in [0.2, 0.25) is 0 Å². The third-order valence-electron chi connectivity index (χ3n) is 4.78. The van der Waals surface area contributed by atoms with E-state index in [-0.39, 0.29) is 5.11 Å². The Bertz CT molecular complexity index is 1300. The van der Waals surface area contributed by atoms with Crippen molar-refractivity contribution in [3.05, 3.63) is 66.2 Å². The number of aromatic nitrogens is 3. The molecule has 2 N–H and O–H groups in total. The van der Waals surface area contributed by atoms with E-state index in [0.29, 0.717) is 34.0 Å². The lowest BCUT2D eigenvalue weighted by molar-refractivity contribution is 0.0977. The molecule has 0 radical (unpaired) electrons. The number of nitrogens with one attached hydrogen (secondary N) is 2. The van der Waals surface area contributed by atoms with Crippen LogP contribution < -0.4 is 24.8 Å². The summed E-state index contributed by atoms with van der Waals surface area (Å²) in [6.07, 6.45) is 0. The molecule has 33 heavy (non-hydrogen) atoms. The third kappa shape index (κ3) is 4.70.